The molecule has 0 saturated carbocycles. The maximum Gasteiger partial charge on any atom is 0.338 e. The molecule has 7 heteroatoms. The molecule has 0 spiro atoms. The molecule has 1 amide bonds. The minimum atomic E-state index is -0.391. The standard InChI is InChI=1S/C19H24N4O3/c1-5-26-19(25)14-6-8-15(9-7-14)23-18(24)16-10-17(20-11-12(2)3)22-13(4)21-16/h6-10,12H,5,11H2,1-4H3,(H,23,24)(H,20,21,22). The van der Waals surface area contributed by atoms with Gasteiger partial charge in [-0.2, -0.15) is 0 Å². The van der Waals surface area contributed by atoms with Gasteiger partial charge in [0.15, 0.2) is 0 Å². The second-order valence-electron chi connectivity index (χ2n) is 6.21. The topological polar surface area (TPSA) is 93.2 Å². The highest BCUT2D eigenvalue weighted by molar-refractivity contribution is 6.03. The van der Waals surface area contributed by atoms with Gasteiger partial charge in [-0.1, -0.05) is 13.8 Å². The summed E-state index contributed by atoms with van der Waals surface area (Å²) in [7, 11) is 0. The number of hydrogen-bond acceptors (Lipinski definition) is 6. The van der Waals surface area contributed by atoms with Crippen molar-refractivity contribution in [1.82, 2.24) is 9.97 Å². The van der Waals surface area contributed by atoms with Crippen LogP contribution in [0.25, 0.3) is 0 Å². The number of aromatic nitrogens is 2. The average molecular weight is 356 g/mol. The fourth-order valence-electron chi connectivity index (χ4n) is 2.18. The molecule has 0 saturated heterocycles. The molecular weight excluding hydrogens is 332 g/mol. The van der Waals surface area contributed by atoms with E-state index in [9.17, 15) is 9.59 Å². The number of rotatable bonds is 7. The highest BCUT2D eigenvalue weighted by Gasteiger charge is 2.12. The molecule has 26 heavy (non-hydrogen) atoms. The third-order valence-electron chi connectivity index (χ3n) is 3.42. The van der Waals surface area contributed by atoms with E-state index in [1.165, 1.54) is 0 Å². The number of carbonyl (C=O) groups excluding carboxylic acids is 2. The molecule has 0 aliphatic carbocycles. The van der Waals surface area contributed by atoms with Crippen LogP contribution < -0.4 is 10.6 Å². The second kappa shape index (κ2) is 8.94. The minimum Gasteiger partial charge on any atom is -0.462 e. The van der Waals surface area contributed by atoms with Crippen LogP contribution in [0.15, 0.2) is 30.3 Å². The minimum absolute atomic E-state index is 0.276. The van der Waals surface area contributed by atoms with Gasteiger partial charge >= 0.3 is 5.97 Å². The predicted octanol–water partition coefficient (Wildman–Crippen LogP) is 3.28. The zero-order chi connectivity index (χ0) is 19.1. The number of nitrogens with one attached hydrogen (secondary N) is 2. The summed E-state index contributed by atoms with van der Waals surface area (Å²) >= 11 is 0. The van der Waals surface area contributed by atoms with Crippen LogP contribution in [0, 0.1) is 12.8 Å². The van der Waals surface area contributed by atoms with Crippen LogP contribution in [0.5, 0.6) is 0 Å². The van der Waals surface area contributed by atoms with E-state index in [4.69, 9.17) is 4.74 Å². The molecule has 0 radical (unpaired) electrons. The smallest absolute Gasteiger partial charge is 0.338 e. The Morgan fingerprint density at radius 1 is 1.15 bits per heavy atom. The molecule has 7 nitrogen and oxygen atoms in total. The normalized spacial score (nSPS) is 10.5. The Labute approximate surface area is 153 Å². The van der Waals surface area contributed by atoms with E-state index in [-0.39, 0.29) is 11.6 Å². The summed E-state index contributed by atoms with van der Waals surface area (Å²) in [6.45, 7) is 8.75. The zero-order valence-electron chi connectivity index (χ0n) is 15.5. The summed E-state index contributed by atoms with van der Waals surface area (Å²) < 4.78 is 4.93. The van der Waals surface area contributed by atoms with Crippen LogP contribution in [0.2, 0.25) is 0 Å². The van der Waals surface area contributed by atoms with Gasteiger partial charge in [0.25, 0.3) is 5.91 Å². The van der Waals surface area contributed by atoms with Gasteiger partial charge in [0.1, 0.15) is 17.3 Å². The van der Waals surface area contributed by atoms with Gasteiger partial charge < -0.3 is 15.4 Å². The van der Waals surface area contributed by atoms with Crippen LogP contribution in [0.4, 0.5) is 11.5 Å². The van der Waals surface area contributed by atoms with Crippen molar-refractivity contribution in [1.29, 1.82) is 0 Å². The maximum atomic E-state index is 12.5. The van der Waals surface area contributed by atoms with Crippen molar-refractivity contribution in [2.75, 3.05) is 23.8 Å². The highest BCUT2D eigenvalue weighted by Crippen LogP contribution is 2.13. The Balaban J connectivity index is 2.08. The number of nitrogens with zero attached hydrogens (tertiary/aromatic N) is 2. The molecule has 0 bridgehead atoms. The number of anilines is 2. The fourth-order valence-corrected chi connectivity index (χ4v) is 2.18. The quantitative estimate of drug-likeness (QED) is 0.740. The van der Waals surface area contributed by atoms with Crippen molar-refractivity contribution < 1.29 is 14.3 Å². The van der Waals surface area contributed by atoms with Gasteiger partial charge in [-0.25, -0.2) is 14.8 Å². The Bertz CT molecular complexity index is 773. The van der Waals surface area contributed by atoms with E-state index in [1.54, 1.807) is 44.2 Å². The number of esters is 1. The largest absolute Gasteiger partial charge is 0.462 e. The Hall–Kier alpha value is -2.96. The van der Waals surface area contributed by atoms with Crippen molar-refractivity contribution in [3.05, 3.63) is 47.4 Å². The fraction of sp³-hybridized carbons (Fsp3) is 0.368. The molecule has 138 valence electrons. The number of aryl methyl sites for hydroxylation is 1. The van der Waals surface area contributed by atoms with Crippen LogP contribution in [0.3, 0.4) is 0 Å². The van der Waals surface area contributed by atoms with Crippen LogP contribution in [0.1, 0.15) is 47.4 Å². The third kappa shape index (κ3) is 5.54. The summed E-state index contributed by atoms with van der Waals surface area (Å²) in [5, 5.41) is 5.96. The van der Waals surface area contributed by atoms with Crippen LogP contribution in [-0.4, -0.2) is 35.0 Å². The first-order valence-electron chi connectivity index (χ1n) is 8.57. The summed E-state index contributed by atoms with van der Waals surface area (Å²) in [5.41, 5.74) is 1.28. The zero-order valence-corrected chi connectivity index (χ0v) is 15.5. The SMILES string of the molecule is CCOC(=O)c1ccc(NC(=O)c2cc(NCC(C)C)nc(C)n2)cc1. The summed E-state index contributed by atoms with van der Waals surface area (Å²) in [6.07, 6.45) is 0. The molecule has 1 aromatic heterocycles. The average Bonchev–Trinajstić information content (AvgIpc) is 2.60. The molecule has 0 unspecified atom stereocenters. The molecule has 0 atom stereocenters. The van der Waals surface area contributed by atoms with Crippen LogP contribution in [-0.2, 0) is 4.74 Å². The molecule has 0 aliphatic heterocycles. The van der Waals surface area contributed by atoms with Gasteiger partial charge in [-0.3, -0.25) is 4.79 Å². The molecule has 1 aromatic carbocycles. The lowest BCUT2D eigenvalue weighted by Crippen LogP contribution is -2.17. The van der Waals surface area contributed by atoms with Crippen molar-refractivity contribution >= 4 is 23.4 Å². The van der Waals surface area contributed by atoms with Crippen molar-refractivity contribution in [3.63, 3.8) is 0 Å². The number of benzene rings is 1. The highest BCUT2D eigenvalue weighted by atomic mass is 16.5. The molecule has 1 heterocycles. The molecule has 0 fully saturated rings. The van der Waals surface area contributed by atoms with Gasteiger partial charge in [0, 0.05) is 18.3 Å². The molecule has 2 rings (SSSR count). The van der Waals surface area contributed by atoms with E-state index < -0.39 is 5.97 Å². The second-order valence-corrected chi connectivity index (χ2v) is 6.21. The lowest BCUT2D eigenvalue weighted by Gasteiger charge is -2.11. The molecular formula is C19H24N4O3. The van der Waals surface area contributed by atoms with Gasteiger partial charge in [0.05, 0.1) is 12.2 Å². The number of amides is 1. The van der Waals surface area contributed by atoms with Gasteiger partial charge in [-0.05, 0) is 44.0 Å². The summed E-state index contributed by atoms with van der Waals surface area (Å²) in [6, 6.07) is 8.13. The van der Waals surface area contributed by atoms with E-state index in [2.05, 4.69) is 34.4 Å². The van der Waals surface area contributed by atoms with E-state index in [0.29, 0.717) is 35.4 Å². The lowest BCUT2D eigenvalue weighted by molar-refractivity contribution is 0.0526. The first-order valence-corrected chi connectivity index (χ1v) is 8.57. The van der Waals surface area contributed by atoms with E-state index in [0.717, 1.165) is 6.54 Å². The summed E-state index contributed by atoms with van der Waals surface area (Å²) in [4.78, 5) is 32.6. The monoisotopic (exact) mass is 356 g/mol. The van der Waals surface area contributed by atoms with Crippen molar-refractivity contribution in [2.45, 2.75) is 27.7 Å². The molecule has 2 N–H and O–H groups in total. The Morgan fingerprint density at radius 2 is 1.85 bits per heavy atom. The number of ether oxygens (including phenoxy) is 1. The van der Waals surface area contributed by atoms with E-state index >= 15 is 0 Å². The number of hydrogen-bond donors (Lipinski definition) is 2. The predicted molar refractivity (Wildman–Crippen MR) is 100 cm³/mol. The lowest BCUT2D eigenvalue weighted by atomic mass is 10.2. The Kier molecular flexibility index (Phi) is 6.66. The third-order valence-corrected chi connectivity index (χ3v) is 3.42. The Morgan fingerprint density at radius 3 is 2.46 bits per heavy atom. The maximum absolute atomic E-state index is 12.5. The first kappa shape index (κ1) is 19.4. The van der Waals surface area contributed by atoms with Crippen molar-refractivity contribution in [2.24, 2.45) is 5.92 Å². The van der Waals surface area contributed by atoms with Gasteiger partial charge in [-0.15, -0.1) is 0 Å². The van der Waals surface area contributed by atoms with Crippen molar-refractivity contribution in [3.8, 4) is 0 Å². The number of carbonyl (C=O) groups is 2. The van der Waals surface area contributed by atoms with E-state index in [1.807, 2.05) is 0 Å². The molecule has 0 aliphatic rings. The first-order chi connectivity index (χ1) is 12.4. The summed E-state index contributed by atoms with van der Waals surface area (Å²) in [5.74, 6) is 0.862. The van der Waals surface area contributed by atoms with Gasteiger partial charge in [0.2, 0.25) is 0 Å². The molecule has 2 aromatic rings. The van der Waals surface area contributed by atoms with Crippen LogP contribution >= 0.6 is 0 Å².